The Bertz CT molecular complexity index is 676. The summed E-state index contributed by atoms with van der Waals surface area (Å²) in [5, 5.41) is 3.89. The Morgan fingerprint density at radius 2 is 2.25 bits per heavy atom. The van der Waals surface area contributed by atoms with E-state index in [4.69, 9.17) is 0 Å². The molecule has 1 aliphatic heterocycles. The van der Waals surface area contributed by atoms with Crippen molar-refractivity contribution in [3.63, 3.8) is 0 Å². The molecule has 0 fully saturated rings. The molecule has 2 rings (SSSR count). The summed E-state index contributed by atoms with van der Waals surface area (Å²) in [7, 11) is -3.11. The summed E-state index contributed by atoms with van der Waals surface area (Å²) >= 11 is 0. The summed E-state index contributed by atoms with van der Waals surface area (Å²) in [4.78, 5) is 25.2. The normalized spacial score (nSPS) is 19.9. The average molecular weight is 296 g/mol. The van der Waals surface area contributed by atoms with Gasteiger partial charge in [0.2, 0.25) is 11.5 Å². The van der Waals surface area contributed by atoms with Gasteiger partial charge in [-0.1, -0.05) is 6.08 Å². The number of pyridine rings is 1. The first-order chi connectivity index (χ1) is 9.44. The Hall–Kier alpha value is -1.89. The molecule has 7 heteroatoms. The second-order valence-corrected chi connectivity index (χ2v) is 6.71. The number of nitrogens with one attached hydrogen (secondary N) is 2. The standard InChI is InChI=1S/C13H16N2O4S/c16-12-7-10(1-4-14-12)2-5-15-13(17)8-11-3-6-20(18,19)9-11/h1,3-4,6-7,11H,2,5,8-9H2,(H,14,16)(H,15,17). The first-order valence-electron chi connectivity index (χ1n) is 6.30. The molecular weight excluding hydrogens is 280 g/mol. The fraction of sp³-hybridized carbons (Fsp3) is 0.385. The van der Waals surface area contributed by atoms with Crippen LogP contribution in [0.1, 0.15) is 12.0 Å². The van der Waals surface area contributed by atoms with Crippen LogP contribution in [0, 0.1) is 5.92 Å². The maximum absolute atomic E-state index is 11.7. The lowest BCUT2D eigenvalue weighted by atomic mass is 10.1. The van der Waals surface area contributed by atoms with Gasteiger partial charge in [0.25, 0.3) is 0 Å². The number of hydrogen-bond donors (Lipinski definition) is 2. The molecule has 0 aliphatic carbocycles. The summed E-state index contributed by atoms with van der Waals surface area (Å²) in [5.41, 5.74) is 0.674. The first kappa shape index (κ1) is 14.5. The van der Waals surface area contributed by atoms with E-state index in [9.17, 15) is 18.0 Å². The van der Waals surface area contributed by atoms with E-state index < -0.39 is 9.84 Å². The molecule has 1 unspecified atom stereocenters. The molecule has 6 nitrogen and oxygen atoms in total. The van der Waals surface area contributed by atoms with E-state index in [0.29, 0.717) is 13.0 Å². The molecule has 0 radical (unpaired) electrons. The van der Waals surface area contributed by atoms with Crippen LogP contribution in [0.4, 0.5) is 0 Å². The highest BCUT2D eigenvalue weighted by Crippen LogP contribution is 2.17. The van der Waals surface area contributed by atoms with Crippen LogP contribution in [0.15, 0.2) is 34.6 Å². The van der Waals surface area contributed by atoms with Crippen LogP contribution in [-0.2, 0) is 21.1 Å². The lowest BCUT2D eigenvalue weighted by Crippen LogP contribution is -2.28. The van der Waals surface area contributed by atoms with Crippen molar-refractivity contribution in [1.29, 1.82) is 0 Å². The van der Waals surface area contributed by atoms with Crippen molar-refractivity contribution in [3.8, 4) is 0 Å². The molecule has 0 saturated carbocycles. The topological polar surface area (TPSA) is 96.1 Å². The number of carbonyl (C=O) groups excluding carboxylic acids is 1. The molecule has 0 saturated heterocycles. The molecule has 0 spiro atoms. The smallest absolute Gasteiger partial charge is 0.248 e. The van der Waals surface area contributed by atoms with E-state index >= 15 is 0 Å². The third-order valence-electron chi connectivity index (χ3n) is 3.03. The molecule has 20 heavy (non-hydrogen) atoms. The molecule has 1 aromatic heterocycles. The first-order valence-corrected chi connectivity index (χ1v) is 8.01. The Kier molecular flexibility index (Phi) is 4.39. The Morgan fingerprint density at radius 3 is 2.90 bits per heavy atom. The second-order valence-electron chi connectivity index (χ2n) is 4.78. The lowest BCUT2D eigenvalue weighted by molar-refractivity contribution is -0.121. The van der Waals surface area contributed by atoms with E-state index in [-0.39, 0.29) is 29.6 Å². The maximum atomic E-state index is 11.7. The van der Waals surface area contributed by atoms with Gasteiger partial charge in [0.15, 0.2) is 9.84 Å². The molecule has 2 heterocycles. The van der Waals surface area contributed by atoms with Crippen LogP contribution in [0.2, 0.25) is 0 Å². The highest BCUT2D eigenvalue weighted by atomic mass is 32.2. The third kappa shape index (κ3) is 4.34. The minimum absolute atomic E-state index is 0.00841. The van der Waals surface area contributed by atoms with E-state index in [1.165, 1.54) is 11.5 Å². The van der Waals surface area contributed by atoms with Crippen molar-refractivity contribution >= 4 is 15.7 Å². The molecule has 2 N–H and O–H groups in total. The van der Waals surface area contributed by atoms with Crippen LogP contribution < -0.4 is 10.9 Å². The van der Waals surface area contributed by atoms with Gasteiger partial charge < -0.3 is 10.3 Å². The second kappa shape index (κ2) is 6.04. The minimum Gasteiger partial charge on any atom is -0.356 e. The predicted molar refractivity (Wildman–Crippen MR) is 74.8 cm³/mol. The monoisotopic (exact) mass is 296 g/mol. The zero-order chi connectivity index (χ0) is 14.6. The van der Waals surface area contributed by atoms with Gasteiger partial charge in [-0.15, -0.1) is 0 Å². The van der Waals surface area contributed by atoms with Gasteiger partial charge in [-0.05, 0) is 18.1 Å². The van der Waals surface area contributed by atoms with E-state index in [0.717, 1.165) is 5.56 Å². The Morgan fingerprint density at radius 1 is 1.45 bits per heavy atom. The lowest BCUT2D eigenvalue weighted by Gasteiger charge is -2.08. The van der Waals surface area contributed by atoms with Crippen LogP contribution in [0.3, 0.4) is 0 Å². The largest absolute Gasteiger partial charge is 0.356 e. The number of H-pyrrole nitrogens is 1. The highest BCUT2D eigenvalue weighted by Gasteiger charge is 2.23. The SMILES string of the molecule is O=C(CC1C=CS(=O)(=O)C1)NCCc1cc[nH]c(=O)c1. The maximum Gasteiger partial charge on any atom is 0.248 e. The third-order valence-corrected chi connectivity index (χ3v) is 4.49. The van der Waals surface area contributed by atoms with Gasteiger partial charge in [0.1, 0.15) is 0 Å². The van der Waals surface area contributed by atoms with Crippen molar-refractivity contribution < 1.29 is 13.2 Å². The number of allylic oxidation sites excluding steroid dienone is 1. The quantitative estimate of drug-likeness (QED) is 0.798. The summed E-state index contributed by atoms with van der Waals surface area (Å²) < 4.78 is 22.4. The molecule has 0 aromatic carbocycles. The number of amides is 1. The van der Waals surface area contributed by atoms with Gasteiger partial charge in [-0.3, -0.25) is 9.59 Å². The minimum atomic E-state index is -3.11. The Labute approximate surface area is 116 Å². The van der Waals surface area contributed by atoms with Gasteiger partial charge >= 0.3 is 0 Å². The van der Waals surface area contributed by atoms with Crippen molar-refractivity contribution in [2.75, 3.05) is 12.3 Å². The molecule has 108 valence electrons. The fourth-order valence-electron chi connectivity index (χ4n) is 2.07. The van der Waals surface area contributed by atoms with Crippen molar-refractivity contribution in [2.45, 2.75) is 12.8 Å². The van der Waals surface area contributed by atoms with Gasteiger partial charge in [0.05, 0.1) is 5.75 Å². The van der Waals surface area contributed by atoms with Crippen molar-refractivity contribution in [3.05, 3.63) is 45.7 Å². The summed E-state index contributed by atoms with van der Waals surface area (Å²) in [5.74, 6) is -0.407. The van der Waals surface area contributed by atoms with E-state index in [1.807, 2.05) is 0 Å². The van der Waals surface area contributed by atoms with Crippen LogP contribution in [-0.4, -0.2) is 31.6 Å². The molecule has 1 aromatic rings. The molecule has 1 atom stereocenters. The fourth-order valence-corrected chi connectivity index (χ4v) is 3.47. The van der Waals surface area contributed by atoms with Gasteiger partial charge in [-0.2, -0.15) is 0 Å². The summed E-state index contributed by atoms with van der Waals surface area (Å²) in [6.45, 7) is 0.422. The van der Waals surface area contributed by atoms with Crippen LogP contribution in [0.25, 0.3) is 0 Å². The number of rotatable bonds is 5. The number of hydrogen-bond acceptors (Lipinski definition) is 4. The van der Waals surface area contributed by atoms with E-state index in [1.54, 1.807) is 18.3 Å². The van der Waals surface area contributed by atoms with Gasteiger partial charge in [0, 0.05) is 36.6 Å². The van der Waals surface area contributed by atoms with Crippen molar-refractivity contribution in [1.82, 2.24) is 10.3 Å². The molecule has 0 bridgehead atoms. The number of aromatic amines is 1. The predicted octanol–water partition coefficient (Wildman–Crippen LogP) is -0.0180. The van der Waals surface area contributed by atoms with Crippen molar-refractivity contribution in [2.24, 2.45) is 5.92 Å². The highest BCUT2D eigenvalue weighted by molar-refractivity contribution is 7.94. The molecule has 1 aliphatic rings. The average Bonchev–Trinajstić information content (AvgIpc) is 2.68. The van der Waals surface area contributed by atoms with Crippen LogP contribution >= 0.6 is 0 Å². The molecule has 1 amide bonds. The summed E-state index contributed by atoms with van der Waals surface area (Å²) in [6.07, 6.45) is 3.86. The van der Waals surface area contributed by atoms with Gasteiger partial charge in [-0.25, -0.2) is 8.42 Å². The number of sulfone groups is 1. The van der Waals surface area contributed by atoms with Crippen LogP contribution in [0.5, 0.6) is 0 Å². The summed E-state index contributed by atoms with van der Waals surface area (Å²) in [6, 6.07) is 3.26. The Balaban J connectivity index is 1.74. The number of aromatic nitrogens is 1. The zero-order valence-corrected chi connectivity index (χ0v) is 11.7. The number of carbonyl (C=O) groups is 1. The van der Waals surface area contributed by atoms with E-state index in [2.05, 4.69) is 10.3 Å². The zero-order valence-electron chi connectivity index (χ0n) is 10.8. The molecular formula is C13H16N2O4S.